The summed E-state index contributed by atoms with van der Waals surface area (Å²) in [7, 11) is 0. The normalized spacial score (nSPS) is 17.5. The molecule has 0 bridgehead atoms. The van der Waals surface area contributed by atoms with Crippen molar-refractivity contribution in [2.75, 3.05) is 6.61 Å². The monoisotopic (exact) mass is 320 g/mol. The molecule has 1 fully saturated rings. The van der Waals surface area contributed by atoms with E-state index in [1.807, 2.05) is 48.5 Å². The van der Waals surface area contributed by atoms with Crippen LogP contribution >= 0.6 is 0 Å². The summed E-state index contributed by atoms with van der Waals surface area (Å²) in [4.78, 5) is 17.8. The molecule has 0 radical (unpaired) electrons. The van der Waals surface area contributed by atoms with Crippen molar-refractivity contribution in [1.82, 2.24) is 9.55 Å². The zero-order valence-corrected chi connectivity index (χ0v) is 13.7. The number of nitrogens with zero attached hydrogens (tertiary/aromatic N) is 2. The zero-order chi connectivity index (χ0) is 16.5. The van der Waals surface area contributed by atoms with Gasteiger partial charge in [0.2, 0.25) is 0 Å². The number of rotatable bonds is 3. The summed E-state index contributed by atoms with van der Waals surface area (Å²) in [5, 5.41) is 0.659. The van der Waals surface area contributed by atoms with Crippen LogP contribution in [0.1, 0.15) is 18.4 Å². The molecule has 1 aromatic heterocycles. The number of hydrogen-bond donors (Lipinski definition) is 0. The Balaban J connectivity index is 1.91. The summed E-state index contributed by atoms with van der Waals surface area (Å²) in [6, 6.07) is 15.7. The number of fused-ring (bicyclic) bond motifs is 1. The molecule has 1 saturated heterocycles. The minimum atomic E-state index is 0.00618. The Morgan fingerprint density at radius 3 is 2.71 bits per heavy atom. The van der Waals surface area contributed by atoms with Crippen molar-refractivity contribution in [2.45, 2.75) is 32.4 Å². The van der Waals surface area contributed by atoms with Crippen molar-refractivity contribution < 1.29 is 4.74 Å². The maximum absolute atomic E-state index is 13.0. The molecule has 4 nitrogen and oxygen atoms in total. The van der Waals surface area contributed by atoms with Crippen molar-refractivity contribution in [3.63, 3.8) is 0 Å². The Morgan fingerprint density at radius 1 is 1.17 bits per heavy atom. The SMILES string of the molecule is Cc1ccc(-c2nc3ccccc3c(=O)n2CC2CCCO2)cc1. The van der Waals surface area contributed by atoms with E-state index in [0.29, 0.717) is 17.8 Å². The number of ether oxygens (including phenoxy) is 1. The summed E-state index contributed by atoms with van der Waals surface area (Å²) in [6.07, 6.45) is 2.14. The van der Waals surface area contributed by atoms with E-state index in [4.69, 9.17) is 9.72 Å². The maximum Gasteiger partial charge on any atom is 0.261 e. The van der Waals surface area contributed by atoms with Crippen LogP contribution in [0.15, 0.2) is 53.3 Å². The van der Waals surface area contributed by atoms with Gasteiger partial charge in [0, 0.05) is 12.2 Å². The van der Waals surface area contributed by atoms with E-state index in [9.17, 15) is 4.79 Å². The molecular weight excluding hydrogens is 300 g/mol. The quantitative estimate of drug-likeness (QED) is 0.741. The Morgan fingerprint density at radius 2 is 1.96 bits per heavy atom. The molecule has 24 heavy (non-hydrogen) atoms. The van der Waals surface area contributed by atoms with E-state index >= 15 is 0 Å². The van der Waals surface area contributed by atoms with Gasteiger partial charge in [-0.1, -0.05) is 42.0 Å². The molecule has 1 aliphatic heterocycles. The van der Waals surface area contributed by atoms with Crippen LogP contribution in [0.2, 0.25) is 0 Å². The third kappa shape index (κ3) is 2.74. The molecule has 1 atom stereocenters. The zero-order valence-electron chi connectivity index (χ0n) is 13.7. The van der Waals surface area contributed by atoms with E-state index in [-0.39, 0.29) is 11.7 Å². The van der Waals surface area contributed by atoms with Crippen molar-refractivity contribution in [3.8, 4) is 11.4 Å². The number of hydrogen-bond acceptors (Lipinski definition) is 3. The van der Waals surface area contributed by atoms with Gasteiger partial charge in [-0.25, -0.2) is 4.98 Å². The van der Waals surface area contributed by atoms with Gasteiger partial charge < -0.3 is 4.74 Å². The van der Waals surface area contributed by atoms with Gasteiger partial charge in [-0.05, 0) is 31.9 Å². The van der Waals surface area contributed by atoms with Crippen LogP contribution < -0.4 is 5.56 Å². The highest BCUT2D eigenvalue weighted by atomic mass is 16.5. The van der Waals surface area contributed by atoms with Crippen molar-refractivity contribution in [3.05, 3.63) is 64.4 Å². The molecule has 0 saturated carbocycles. The molecule has 4 heteroatoms. The predicted octanol–water partition coefficient (Wildman–Crippen LogP) is 3.55. The van der Waals surface area contributed by atoms with Crippen molar-refractivity contribution >= 4 is 10.9 Å². The molecule has 122 valence electrons. The van der Waals surface area contributed by atoms with E-state index in [2.05, 4.69) is 6.92 Å². The van der Waals surface area contributed by atoms with Gasteiger partial charge >= 0.3 is 0 Å². The summed E-state index contributed by atoms with van der Waals surface area (Å²) >= 11 is 0. The van der Waals surface area contributed by atoms with Gasteiger partial charge in [0.15, 0.2) is 0 Å². The maximum atomic E-state index is 13.0. The Kier molecular flexibility index (Phi) is 3.90. The first kappa shape index (κ1) is 15.1. The van der Waals surface area contributed by atoms with Crippen LogP contribution in [0.5, 0.6) is 0 Å². The highest BCUT2D eigenvalue weighted by Gasteiger charge is 2.20. The molecule has 2 heterocycles. The molecule has 2 aromatic carbocycles. The Hall–Kier alpha value is -2.46. The minimum Gasteiger partial charge on any atom is -0.376 e. The molecule has 4 rings (SSSR count). The van der Waals surface area contributed by atoms with E-state index in [0.717, 1.165) is 30.5 Å². The van der Waals surface area contributed by atoms with Gasteiger partial charge in [0.1, 0.15) is 5.82 Å². The number of aromatic nitrogens is 2. The van der Waals surface area contributed by atoms with Crippen LogP contribution in [0.25, 0.3) is 22.3 Å². The second-order valence-corrected chi connectivity index (χ2v) is 6.37. The second-order valence-electron chi connectivity index (χ2n) is 6.37. The van der Waals surface area contributed by atoms with Gasteiger partial charge in [0.05, 0.1) is 23.6 Å². The molecule has 0 amide bonds. The van der Waals surface area contributed by atoms with Crippen molar-refractivity contribution in [1.29, 1.82) is 0 Å². The smallest absolute Gasteiger partial charge is 0.261 e. The largest absolute Gasteiger partial charge is 0.376 e. The third-order valence-electron chi connectivity index (χ3n) is 4.58. The molecule has 1 unspecified atom stereocenters. The first-order valence-electron chi connectivity index (χ1n) is 8.40. The van der Waals surface area contributed by atoms with Crippen molar-refractivity contribution in [2.24, 2.45) is 0 Å². The van der Waals surface area contributed by atoms with Crippen LogP contribution in [-0.2, 0) is 11.3 Å². The number of aryl methyl sites for hydroxylation is 1. The lowest BCUT2D eigenvalue weighted by atomic mass is 10.1. The fraction of sp³-hybridized carbons (Fsp3) is 0.300. The molecule has 0 spiro atoms. The highest BCUT2D eigenvalue weighted by Crippen LogP contribution is 2.22. The fourth-order valence-electron chi connectivity index (χ4n) is 3.25. The van der Waals surface area contributed by atoms with E-state index in [1.54, 1.807) is 4.57 Å². The Labute approximate surface area is 140 Å². The van der Waals surface area contributed by atoms with Gasteiger partial charge in [-0.15, -0.1) is 0 Å². The summed E-state index contributed by atoms with van der Waals surface area (Å²) < 4.78 is 7.53. The summed E-state index contributed by atoms with van der Waals surface area (Å²) in [5.74, 6) is 0.717. The summed E-state index contributed by atoms with van der Waals surface area (Å²) in [6.45, 7) is 3.39. The van der Waals surface area contributed by atoms with Crippen LogP contribution in [0, 0.1) is 6.92 Å². The molecule has 0 N–H and O–H groups in total. The number of para-hydroxylation sites is 1. The minimum absolute atomic E-state index is 0.00618. The highest BCUT2D eigenvalue weighted by molar-refractivity contribution is 5.79. The van der Waals surface area contributed by atoms with Crippen LogP contribution in [0.4, 0.5) is 0 Å². The lowest BCUT2D eigenvalue weighted by Crippen LogP contribution is -2.28. The standard InChI is InChI=1S/C20H20N2O2/c1-14-8-10-15(11-9-14)19-21-18-7-3-2-6-17(18)20(23)22(19)13-16-5-4-12-24-16/h2-3,6-11,16H,4-5,12-13H2,1H3. The molecular formula is C20H20N2O2. The predicted molar refractivity (Wildman–Crippen MR) is 95.2 cm³/mol. The molecule has 3 aromatic rings. The first-order chi connectivity index (χ1) is 11.7. The molecule has 0 aliphatic carbocycles. The van der Waals surface area contributed by atoms with Gasteiger partial charge in [-0.3, -0.25) is 9.36 Å². The average Bonchev–Trinajstić information content (AvgIpc) is 3.11. The second kappa shape index (κ2) is 6.21. The van der Waals surface area contributed by atoms with E-state index in [1.165, 1.54) is 5.56 Å². The lowest BCUT2D eigenvalue weighted by Gasteiger charge is -2.17. The lowest BCUT2D eigenvalue weighted by molar-refractivity contribution is 0.0965. The average molecular weight is 320 g/mol. The van der Waals surface area contributed by atoms with Gasteiger partial charge in [0.25, 0.3) is 5.56 Å². The number of benzene rings is 2. The third-order valence-corrected chi connectivity index (χ3v) is 4.58. The van der Waals surface area contributed by atoms with Crippen LogP contribution in [0.3, 0.4) is 0 Å². The van der Waals surface area contributed by atoms with Gasteiger partial charge in [-0.2, -0.15) is 0 Å². The van der Waals surface area contributed by atoms with Crippen LogP contribution in [-0.4, -0.2) is 22.3 Å². The fourth-order valence-corrected chi connectivity index (χ4v) is 3.25. The molecule has 1 aliphatic rings. The summed E-state index contributed by atoms with van der Waals surface area (Å²) in [5.41, 5.74) is 2.89. The first-order valence-corrected chi connectivity index (χ1v) is 8.40. The topological polar surface area (TPSA) is 44.1 Å². The Bertz CT molecular complexity index is 923. The van der Waals surface area contributed by atoms with E-state index < -0.39 is 0 Å².